The van der Waals surface area contributed by atoms with Gasteiger partial charge >= 0.3 is 0 Å². The first-order valence-electron chi connectivity index (χ1n) is 3.99. The highest BCUT2D eigenvalue weighted by Gasteiger charge is 2.07. The Labute approximate surface area is 71.4 Å². The summed E-state index contributed by atoms with van der Waals surface area (Å²) in [6.07, 6.45) is 1.00. The van der Waals surface area contributed by atoms with Crippen molar-refractivity contribution in [2.45, 2.75) is 26.8 Å². The second kappa shape index (κ2) is 3.38. The van der Waals surface area contributed by atoms with Gasteiger partial charge in [0.25, 0.3) is 5.91 Å². The molecule has 1 aromatic heterocycles. The molecule has 0 aliphatic carbocycles. The molecular formula is C8H13N3O. The van der Waals surface area contributed by atoms with Gasteiger partial charge in [-0.05, 0) is 19.4 Å². The Balaban J connectivity index is 2.92. The van der Waals surface area contributed by atoms with Gasteiger partial charge in [-0.25, -0.2) is 0 Å². The van der Waals surface area contributed by atoms with E-state index < -0.39 is 5.91 Å². The largest absolute Gasteiger partial charge is 0.364 e. The van der Waals surface area contributed by atoms with E-state index in [9.17, 15) is 4.79 Å². The van der Waals surface area contributed by atoms with Crippen molar-refractivity contribution in [2.75, 3.05) is 0 Å². The maximum Gasteiger partial charge on any atom is 0.269 e. The van der Waals surface area contributed by atoms with E-state index in [-0.39, 0.29) is 0 Å². The van der Waals surface area contributed by atoms with Gasteiger partial charge < -0.3 is 5.73 Å². The lowest BCUT2D eigenvalue weighted by Gasteiger charge is -1.98. The molecule has 0 fully saturated rings. The average Bonchev–Trinajstić information content (AvgIpc) is 2.34. The van der Waals surface area contributed by atoms with Crippen molar-refractivity contribution < 1.29 is 4.79 Å². The zero-order chi connectivity index (χ0) is 9.14. The molecule has 1 amide bonds. The van der Waals surface area contributed by atoms with Crippen LogP contribution in [0.4, 0.5) is 0 Å². The summed E-state index contributed by atoms with van der Waals surface area (Å²) < 4.78 is 1.79. The highest BCUT2D eigenvalue weighted by Crippen LogP contribution is 2.02. The number of nitrogens with two attached hydrogens (primary N) is 1. The van der Waals surface area contributed by atoms with Crippen LogP contribution in [0.1, 0.15) is 29.5 Å². The quantitative estimate of drug-likeness (QED) is 0.720. The number of aromatic nitrogens is 2. The van der Waals surface area contributed by atoms with Gasteiger partial charge in [-0.3, -0.25) is 9.48 Å². The Morgan fingerprint density at radius 2 is 2.42 bits per heavy atom. The molecule has 0 atom stereocenters. The first kappa shape index (κ1) is 8.77. The van der Waals surface area contributed by atoms with Crippen molar-refractivity contribution in [3.05, 3.63) is 17.5 Å². The van der Waals surface area contributed by atoms with Gasteiger partial charge in [0, 0.05) is 12.2 Å². The van der Waals surface area contributed by atoms with E-state index in [0.717, 1.165) is 18.7 Å². The number of hydrogen-bond donors (Lipinski definition) is 1. The van der Waals surface area contributed by atoms with Gasteiger partial charge in [0.15, 0.2) is 0 Å². The number of carbonyl (C=O) groups is 1. The number of carbonyl (C=O) groups excluding carboxylic acids is 1. The Morgan fingerprint density at radius 3 is 2.83 bits per heavy atom. The molecule has 66 valence electrons. The standard InChI is InChI=1S/C8H13N3O/c1-3-4-11-6(2)5-7(10-11)8(9)12/h5H,3-4H2,1-2H3,(H2,9,12). The Morgan fingerprint density at radius 1 is 1.75 bits per heavy atom. The van der Waals surface area contributed by atoms with Crippen molar-refractivity contribution in [3.63, 3.8) is 0 Å². The topological polar surface area (TPSA) is 60.9 Å². The van der Waals surface area contributed by atoms with Crippen molar-refractivity contribution in [1.82, 2.24) is 9.78 Å². The molecule has 1 heterocycles. The SMILES string of the molecule is CCCn1nc(C(N)=O)cc1C. The third-order valence-electron chi connectivity index (χ3n) is 1.67. The van der Waals surface area contributed by atoms with E-state index in [1.54, 1.807) is 10.7 Å². The summed E-state index contributed by atoms with van der Waals surface area (Å²) in [4.78, 5) is 10.7. The van der Waals surface area contributed by atoms with Crippen molar-refractivity contribution >= 4 is 5.91 Å². The monoisotopic (exact) mass is 167 g/mol. The number of nitrogens with zero attached hydrogens (tertiary/aromatic N) is 2. The predicted molar refractivity (Wildman–Crippen MR) is 45.8 cm³/mol. The third-order valence-corrected chi connectivity index (χ3v) is 1.67. The van der Waals surface area contributed by atoms with Gasteiger partial charge in [-0.2, -0.15) is 5.10 Å². The van der Waals surface area contributed by atoms with E-state index in [1.165, 1.54) is 0 Å². The summed E-state index contributed by atoms with van der Waals surface area (Å²) in [5.74, 6) is -0.465. The molecular weight excluding hydrogens is 154 g/mol. The fourth-order valence-corrected chi connectivity index (χ4v) is 1.07. The van der Waals surface area contributed by atoms with Gasteiger partial charge in [0.05, 0.1) is 0 Å². The molecule has 1 aromatic rings. The van der Waals surface area contributed by atoms with Crippen LogP contribution in [0.15, 0.2) is 6.07 Å². The Hall–Kier alpha value is -1.32. The van der Waals surface area contributed by atoms with Crippen LogP contribution in [0.3, 0.4) is 0 Å². The highest BCUT2D eigenvalue weighted by atomic mass is 16.1. The molecule has 0 radical (unpaired) electrons. The normalized spacial score (nSPS) is 10.2. The lowest BCUT2D eigenvalue weighted by atomic mass is 10.3. The lowest BCUT2D eigenvalue weighted by Crippen LogP contribution is -2.12. The van der Waals surface area contributed by atoms with E-state index in [4.69, 9.17) is 5.73 Å². The molecule has 1 rings (SSSR count). The van der Waals surface area contributed by atoms with Crippen molar-refractivity contribution in [1.29, 1.82) is 0 Å². The molecule has 0 aliphatic heterocycles. The van der Waals surface area contributed by atoms with Crippen molar-refractivity contribution in [2.24, 2.45) is 5.73 Å². The highest BCUT2D eigenvalue weighted by molar-refractivity contribution is 5.90. The summed E-state index contributed by atoms with van der Waals surface area (Å²) in [7, 11) is 0. The number of amides is 1. The fraction of sp³-hybridized carbons (Fsp3) is 0.500. The van der Waals surface area contributed by atoms with Crippen LogP contribution in [0.2, 0.25) is 0 Å². The summed E-state index contributed by atoms with van der Waals surface area (Å²) in [5, 5.41) is 4.04. The number of aryl methyl sites for hydroxylation is 2. The van der Waals surface area contributed by atoms with E-state index in [0.29, 0.717) is 5.69 Å². The van der Waals surface area contributed by atoms with E-state index >= 15 is 0 Å². The number of primary amides is 1. The minimum absolute atomic E-state index is 0.348. The molecule has 0 bridgehead atoms. The van der Waals surface area contributed by atoms with E-state index in [2.05, 4.69) is 12.0 Å². The first-order valence-corrected chi connectivity index (χ1v) is 3.99. The number of rotatable bonds is 3. The minimum Gasteiger partial charge on any atom is -0.364 e. The molecule has 4 heteroatoms. The molecule has 2 N–H and O–H groups in total. The molecule has 0 saturated carbocycles. The predicted octanol–water partition coefficient (Wildman–Crippen LogP) is 0.700. The molecule has 4 nitrogen and oxygen atoms in total. The summed E-state index contributed by atoms with van der Waals surface area (Å²) in [5.41, 5.74) is 6.40. The summed E-state index contributed by atoms with van der Waals surface area (Å²) in [6.45, 7) is 4.80. The van der Waals surface area contributed by atoms with Crippen LogP contribution in [0, 0.1) is 6.92 Å². The van der Waals surface area contributed by atoms with Gasteiger partial charge in [0.1, 0.15) is 5.69 Å². The maximum absolute atomic E-state index is 10.7. The molecule has 0 aliphatic rings. The van der Waals surface area contributed by atoms with Crippen molar-refractivity contribution in [3.8, 4) is 0 Å². The zero-order valence-electron chi connectivity index (χ0n) is 7.37. The lowest BCUT2D eigenvalue weighted by molar-refractivity contribution is 0.0994. The first-order chi connectivity index (χ1) is 5.65. The molecule has 0 unspecified atom stereocenters. The third kappa shape index (κ3) is 1.64. The van der Waals surface area contributed by atoms with Crippen LogP contribution in [0.25, 0.3) is 0 Å². The summed E-state index contributed by atoms with van der Waals surface area (Å²) in [6, 6.07) is 1.71. The van der Waals surface area contributed by atoms with Crippen LogP contribution < -0.4 is 5.73 Å². The second-order valence-corrected chi connectivity index (χ2v) is 2.76. The minimum atomic E-state index is -0.465. The van der Waals surface area contributed by atoms with Gasteiger partial charge in [-0.1, -0.05) is 6.92 Å². The second-order valence-electron chi connectivity index (χ2n) is 2.76. The maximum atomic E-state index is 10.7. The number of hydrogen-bond acceptors (Lipinski definition) is 2. The smallest absolute Gasteiger partial charge is 0.269 e. The fourth-order valence-electron chi connectivity index (χ4n) is 1.07. The van der Waals surface area contributed by atoms with Gasteiger partial charge in [-0.15, -0.1) is 0 Å². The zero-order valence-corrected chi connectivity index (χ0v) is 7.37. The molecule has 12 heavy (non-hydrogen) atoms. The van der Waals surface area contributed by atoms with Crippen LogP contribution >= 0.6 is 0 Å². The summed E-state index contributed by atoms with van der Waals surface area (Å²) >= 11 is 0. The molecule has 0 saturated heterocycles. The Kier molecular flexibility index (Phi) is 2.47. The average molecular weight is 167 g/mol. The molecule has 0 spiro atoms. The van der Waals surface area contributed by atoms with Gasteiger partial charge in [0.2, 0.25) is 0 Å². The molecule has 0 aromatic carbocycles. The van der Waals surface area contributed by atoms with E-state index in [1.807, 2.05) is 6.92 Å². The van der Waals surface area contributed by atoms with Crippen LogP contribution in [0.5, 0.6) is 0 Å². The Bertz CT molecular complexity index is 290. The van der Waals surface area contributed by atoms with Crippen LogP contribution in [-0.4, -0.2) is 15.7 Å². The van der Waals surface area contributed by atoms with Crippen LogP contribution in [-0.2, 0) is 6.54 Å².